The molecule has 0 saturated carbocycles. The van der Waals surface area contributed by atoms with Crippen molar-refractivity contribution in [3.05, 3.63) is 27.2 Å². The van der Waals surface area contributed by atoms with E-state index in [0.717, 1.165) is 26.4 Å². The van der Waals surface area contributed by atoms with E-state index in [0.29, 0.717) is 0 Å². The van der Waals surface area contributed by atoms with Crippen LogP contribution in [-0.2, 0) is 33.2 Å². The number of benzene rings is 1. The maximum atomic E-state index is 14.2. The molecule has 30 heavy (non-hydrogen) atoms. The van der Waals surface area contributed by atoms with Gasteiger partial charge in [-0.15, -0.1) is 0 Å². The van der Waals surface area contributed by atoms with Gasteiger partial charge in [-0.1, -0.05) is 34.8 Å². The Balaban J connectivity index is 3.35. The minimum atomic E-state index is -4.79. The molecule has 0 bridgehead atoms. The van der Waals surface area contributed by atoms with Crippen LogP contribution in [0.2, 0.25) is 15.1 Å². The molecule has 1 unspecified atom stereocenters. The van der Waals surface area contributed by atoms with Crippen LogP contribution in [0.5, 0.6) is 0 Å². The number of rotatable bonds is 9. The number of carbonyl (C=O) groups is 2. The molecule has 0 radical (unpaired) electrons. The number of alkyl halides is 1. The summed E-state index contributed by atoms with van der Waals surface area (Å²) in [5, 5.41) is 6.43. The van der Waals surface area contributed by atoms with Crippen LogP contribution in [0.3, 0.4) is 0 Å². The van der Waals surface area contributed by atoms with E-state index < -0.39 is 52.3 Å². The number of nitrogens with one attached hydrogen (secondary N) is 1. The first-order chi connectivity index (χ1) is 14.0. The number of ether oxygens (including phenoxy) is 4. The summed E-state index contributed by atoms with van der Waals surface area (Å²) >= 11 is 17.4. The summed E-state index contributed by atoms with van der Waals surface area (Å²) in [6.07, 6.45) is -8.89. The maximum absolute atomic E-state index is 14.2. The Morgan fingerprint density at radius 2 is 1.67 bits per heavy atom. The van der Waals surface area contributed by atoms with Crippen molar-refractivity contribution in [1.29, 1.82) is 5.41 Å². The van der Waals surface area contributed by atoms with Crippen molar-refractivity contribution >= 4 is 63.4 Å². The monoisotopic (exact) mass is 509 g/mol. The second-order valence-corrected chi connectivity index (χ2v) is 7.96. The second kappa shape index (κ2) is 11.5. The lowest BCUT2D eigenvalue weighted by Crippen LogP contribution is -2.45. The molecular weight excluding hydrogens is 496 g/mol. The van der Waals surface area contributed by atoms with Crippen molar-refractivity contribution in [3.63, 3.8) is 0 Å². The van der Waals surface area contributed by atoms with Gasteiger partial charge in [-0.05, 0) is 12.1 Å². The van der Waals surface area contributed by atoms with E-state index in [-0.39, 0.29) is 21.3 Å². The highest BCUT2D eigenvalue weighted by atomic mass is 35.5. The molecule has 0 aliphatic carbocycles. The highest BCUT2D eigenvalue weighted by molar-refractivity contribution is 7.87. The molecule has 1 aromatic carbocycles. The van der Waals surface area contributed by atoms with Gasteiger partial charge in [0.1, 0.15) is 11.5 Å². The predicted molar refractivity (Wildman–Crippen MR) is 103 cm³/mol. The Morgan fingerprint density at radius 3 is 2.20 bits per heavy atom. The van der Waals surface area contributed by atoms with Gasteiger partial charge in [0, 0.05) is 6.21 Å². The van der Waals surface area contributed by atoms with Crippen molar-refractivity contribution in [3.8, 4) is 0 Å². The maximum Gasteiger partial charge on any atom is 0.508 e. The molecule has 0 spiro atoms. The molecule has 0 aliphatic rings. The molecule has 0 aliphatic heterocycles. The third-order valence-electron chi connectivity index (χ3n) is 3.27. The Bertz CT molecular complexity index is 900. The van der Waals surface area contributed by atoms with Gasteiger partial charge in [0.2, 0.25) is 0 Å². The molecule has 10 nitrogen and oxygen atoms in total. The van der Waals surface area contributed by atoms with E-state index in [2.05, 4.69) is 18.9 Å². The third kappa shape index (κ3) is 7.13. The average molecular weight is 511 g/mol. The lowest BCUT2D eigenvalue weighted by molar-refractivity contribution is -0.0573. The summed E-state index contributed by atoms with van der Waals surface area (Å²) in [5.41, 5.74) is 0. The van der Waals surface area contributed by atoms with E-state index >= 15 is 0 Å². The normalized spacial score (nSPS) is 14.2. The number of carbonyl (C=O) groups excluding carboxylic acids is 2. The summed E-state index contributed by atoms with van der Waals surface area (Å²) in [6, 6.07) is 1.90. The van der Waals surface area contributed by atoms with Crippen molar-refractivity contribution in [2.45, 2.75) is 23.3 Å². The third-order valence-corrected chi connectivity index (χ3v) is 5.79. The number of halogens is 4. The smallest absolute Gasteiger partial charge is 0.438 e. The Hall–Kier alpha value is -1.86. The average Bonchev–Trinajstić information content (AvgIpc) is 2.70. The molecule has 15 heteroatoms. The lowest BCUT2D eigenvalue weighted by Gasteiger charge is -2.26. The fraction of sp³-hybridized carbons (Fsp3) is 0.400. The van der Waals surface area contributed by atoms with Gasteiger partial charge in [-0.3, -0.25) is 4.18 Å². The van der Waals surface area contributed by atoms with Crippen molar-refractivity contribution in [2.75, 3.05) is 20.8 Å². The summed E-state index contributed by atoms with van der Waals surface area (Å²) in [7, 11) is -2.93. The van der Waals surface area contributed by atoms with E-state index in [1.807, 2.05) is 0 Å². The van der Waals surface area contributed by atoms with Gasteiger partial charge in [0.05, 0.1) is 29.3 Å². The number of methoxy groups -OCH3 is 2. The van der Waals surface area contributed by atoms with Crippen LogP contribution in [-0.4, -0.2) is 66.1 Å². The molecule has 1 rings (SSSR count). The van der Waals surface area contributed by atoms with Gasteiger partial charge < -0.3 is 24.4 Å². The van der Waals surface area contributed by atoms with Gasteiger partial charge in [-0.25, -0.2) is 14.0 Å². The first kappa shape index (κ1) is 26.2. The molecule has 1 aromatic rings. The van der Waals surface area contributed by atoms with Crippen LogP contribution in [0, 0.1) is 5.41 Å². The summed E-state index contributed by atoms with van der Waals surface area (Å²) < 4.78 is 62.2. The van der Waals surface area contributed by atoms with Gasteiger partial charge in [-0.2, -0.15) is 8.42 Å². The standard InChI is InChI=1S/C15H15Cl3FNO9S/c1-25-14(21)27-6-11(13(10(19)5-20)28-15(22)26-2)29-30(23,24)12-4-8(17)7(16)3-9(12)18/h3-5,10-11,13,20H,6H2,1-2H3/t10-,11?,13+/m0/s1. The van der Waals surface area contributed by atoms with Crippen molar-refractivity contribution in [2.24, 2.45) is 0 Å². The number of hydrogen-bond donors (Lipinski definition) is 1. The molecule has 0 fully saturated rings. The minimum absolute atomic E-state index is 0.0503. The predicted octanol–water partition coefficient (Wildman–Crippen LogP) is 3.64. The van der Waals surface area contributed by atoms with Crippen LogP contribution in [0.1, 0.15) is 0 Å². The van der Waals surface area contributed by atoms with Crippen LogP contribution in [0.15, 0.2) is 17.0 Å². The first-order valence-electron chi connectivity index (χ1n) is 7.64. The van der Waals surface area contributed by atoms with Gasteiger partial charge in [0.15, 0.2) is 18.4 Å². The van der Waals surface area contributed by atoms with Gasteiger partial charge >= 0.3 is 12.3 Å². The molecule has 0 saturated heterocycles. The molecular formula is C15H15Cl3FNO9S. The zero-order chi connectivity index (χ0) is 23.1. The van der Waals surface area contributed by atoms with E-state index in [1.165, 1.54) is 0 Å². The van der Waals surface area contributed by atoms with Crippen molar-refractivity contribution in [1.82, 2.24) is 0 Å². The molecule has 0 aromatic heterocycles. The summed E-state index contributed by atoms with van der Waals surface area (Å²) in [6.45, 7) is -0.958. The van der Waals surface area contributed by atoms with Gasteiger partial charge in [0.25, 0.3) is 10.1 Å². The fourth-order valence-electron chi connectivity index (χ4n) is 1.90. The largest absolute Gasteiger partial charge is 0.508 e. The second-order valence-electron chi connectivity index (χ2n) is 5.20. The lowest BCUT2D eigenvalue weighted by atomic mass is 10.1. The van der Waals surface area contributed by atoms with E-state index in [4.69, 9.17) is 44.4 Å². The van der Waals surface area contributed by atoms with Crippen LogP contribution < -0.4 is 0 Å². The molecule has 1 N–H and O–H groups in total. The zero-order valence-electron chi connectivity index (χ0n) is 15.3. The SMILES string of the molecule is COC(=O)OCC(OS(=O)(=O)c1cc(Cl)c(Cl)cc1Cl)[C@H](OC(=O)OC)[C@@H](F)C=N. The zero-order valence-corrected chi connectivity index (χ0v) is 18.3. The molecule has 3 atom stereocenters. The highest BCUT2D eigenvalue weighted by Gasteiger charge is 2.39. The molecule has 0 heterocycles. The minimum Gasteiger partial charge on any atom is -0.438 e. The molecule has 168 valence electrons. The highest BCUT2D eigenvalue weighted by Crippen LogP contribution is 2.33. The topological polar surface area (TPSA) is 138 Å². The molecule has 0 amide bonds. The van der Waals surface area contributed by atoms with Crippen LogP contribution in [0.25, 0.3) is 0 Å². The van der Waals surface area contributed by atoms with Crippen LogP contribution >= 0.6 is 34.8 Å². The number of hydrogen-bond acceptors (Lipinski definition) is 10. The van der Waals surface area contributed by atoms with E-state index in [9.17, 15) is 22.4 Å². The summed E-state index contributed by atoms with van der Waals surface area (Å²) in [5.74, 6) is 0. The Morgan fingerprint density at radius 1 is 1.10 bits per heavy atom. The van der Waals surface area contributed by atoms with E-state index in [1.54, 1.807) is 0 Å². The van der Waals surface area contributed by atoms with Crippen molar-refractivity contribution < 1.29 is 45.5 Å². The first-order valence-corrected chi connectivity index (χ1v) is 10.2. The fourth-order valence-corrected chi connectivity index (χ4v) is 3.95. The quantitative estimate of drug-likeness (QED) is 0.228. The Labute approximate surface area is 185 Å². The summed E-state index contributed by atoms with van der Waals surface area (Å²) in [4.78, 5) is 22.0. The Kier molecular flexibility index (Phi) is 10.0. The van der Waals surface area contributed by atoms with Crippen LogP contribution in [0.4, 0.5) is 14.0 Å².